The summed E-state index contributed by atoms with van der Waals surface area (Å²) in [5, 5.41) is 0. The van der Waals surface area contributed by atoms with Gasteiger partial charge >= 0.3 is 0 Å². The van der Waals surface area contributed by atoms with Crippen LogP contribution in [0.3, 0.4) is 0 Å². The van der Waals surface area contributed by atoms with Gasteiger partial charge in [-0.2, -0.15) is 0 Å². The van der Waals surface area contributed by atoms with Crippen LogP contribution in [0.4, 0.5) is 0 Å². The second-order valence-electron chi connectivity index (χ2n) is 3.78. The molecular formula is C13H18N2OS. The molecule has 0 saturated heterocycles. The summed E-state index contributed by atoms with van der Waals surface area (Å²) in [7, 11) is 0. The number of nitrogens with zero attached hydrogens (tertiary/aromatic N) is 1. The van der Waals surface area contributed by atoms with Crippen molar-refractivity contribution in [2.75, 3.05) is 13.1 Å². The van der Waals surface area contributed by atoms with Crippen LogP contribution in [0.15, 0.2) is 24.3 Å². The summed E-state index contributed by atoms with van der Waals surface area (Å²) in [6.07, 6.45) is 0.471. The molecule has 0 saturated carbocycles. The summed E-state index contributed by atoms with van der Waals surface area (Å²) in [5.41, 5.74) is 7.14. The highest BCUT2D eigenvalue weighted by atomic mass is 32.1. The quantitative estimate of drug-likeness (QED) is 0.813. The number of hydrogen-bond donors (Lipinski definition) is 1. The van der Waals surface area contributed by atoms with E-state index in [0.717, 1.165) is 5.56 Å². The largest absolute Gasteiger partial charge is 0.393 e. The van der Waals surface area contributed by atoms with Crippen LogP contribution in [-0.2, 0) is 6.42 Å². The van der Waals surface area contributed by atoms with E-state index in [4.69, 9.17) is 18.0 Å². The highest BCUT2D eigenvalue weighted by Gasteiger charge is 2.15. The van der Waals surface area contributed by atoms with E-state index in [2.05, 4.69) is 0 Å². The third-order valence-electron chi connectivity index (χ3n) is 2.66. The molecule has 0 aliphatic rings. The number of thiocarbonyl (C=S) groups is 1. The fourth-order valence-corrected chi connectivity index (χ4v) is 1.91. The molecule has 1 aromatic rings. The van der Waals surface area contributed by atoms with Crippen LogP contribution in [0.1, 0.15) is 29.8 Å². The smallest absolute Gasteiger partial charge is 0.254 e. The van der Waals surface area contributed by atoms with Gasteiger partial charge in [0.2, 0.25) is 0 Å². The van der Waals surface area contributed by atoms with Crippen LogP contribution < -0.4 is 5.73 Å². The van der Waals surface area contributed by atoms with E-state index in [0.29, 0.717) is 30.1 Å². The van der Waals surface area contributed by atoms with Gasteiger partial charge in [-0.15, -0.1) is 0 Å². The zero-order valence-electron chi connectivity index (χ0n) is 10.3. The van der Waals surface area contributed by atoms with Crippen LogP contribution in [0.25, 0.3) is 0 Å². The Morgan fingerprint density at radius 3 is 2.41 bits per heavy atom. The summed E-state index contributed by atoms with van der Waals surface area (Å²) >= 11 is 4.90. The lowest BCUT2D eigenvalue weighted by atomic mass is 10.0. The molecule has 4 heteroatoms. The summed E-state index contributed by atoms with van der Waals surface area (Å²) in [5.74, 6) is 0.0434. The number of carbonyl (C=O) groups excluding carboxylic acids is 1. The van der Waals surface area contributed by atoms with Gasteiger partial charge in [-0.3, -0.25) is 4.79 Å². The predicted octanol–water partition coefficient (Wildman–Crippen LogP) is 2.00. The molecule has 0 fully saturated rings. The highest BCUT2D eigenvalue weighted by molar-refractivity contribution is 7.80. The molecule has 0 aliphatic heterocycles. The second-order valence-corrected chi connectivity index (χ2v) is 4.30. The molecule has 0 spiro atoms. The van der Waals surface area contributed by atoms with Crippen molar-refractivity contribution in [3.8, 4) is 0 Å². The minimum atomic E-state index is 0.0434. The number of hydrogen-bond acceptors (Lipinski definition) is 2. The van der Waals surface area contributed by atoms with Crippen molar-refractivity contribution in [2.24, 2.45) is 5.73 Å². The van der Waals surface area contributed by atoms with Gasteiger partial charge in [-0.05, 0) is 25.5 Å². The van der Waals surface area contributed by atoms with Crippen molar-refractivity contribution in [2.45, 2.75) is 20.3 Å². The van der Waals surface area contributed by atoms with Gasteiger partial charge < -0.3 is 10.6 Å². The standard InChI is InChI=1S/C13H18N2OS/c1-3-15(4-2)13(16)11-8-6-5-7-10(11)9-12(14)17/h5-8H,3-4,9H2,1-2H3,(H2,14,17). The van der Waals surface area contributed by atoms with Crippen molar-refractivity contribution >= 4 is 23.1 Å². The third kappa shape index (κ3) is 3.53. The topological polar surface area (TPSA) is 46.3 Å². The number of benzene rings is 1. The summed E-state index contributed by atoms with van der Waals surface area (Å²) in [4.78, 5) is 14.4. The molecule has 0 aliphatic carbocycles. The third-order valence-corrected chi connectivity index (χ3v) is 2.81. The molecule has 2 N–H and O–H groups in total. The maximum atomic E-state index is 12.3. The molecule has 3 nitrogen and oxygen atoms in total. The van der Waals surface area contributed by atoms with Crippen LogP contribution in [0, 0.1) is 0 Å². The maximum absolute atomic E-state index is 12.3. The second kappa shape index (κ2) is 6.35. The van der Waals surface area contributed by atoms with Crippen molar-refractivity contribution in [3.05, 3.63) is 35.4 Å². The molecule has 92 valence electrons. The van der Waals surface area contributed by atoms with Gasteiger partial charge in [-0.25, -0.2) is 0 Å². The van der Waals surface area contributed by atoms with Gasteiger partial charge in [0.05, 0.1) is 4.99 Å². The van der Waals surface area contributed by atoms with E-state index < -0.39 is 0 Å². The first-order chi connectivity index (χ1) is 8.10. The molecule has 1 aromatic carbocycles. The fourth-order valence-electron chi connectivity index (χ4n) is 1.75. The Morgan fingerprint density at radius 2 is 1.88 bits per heavy atom. The Morgan fingerprint density at radius 1 is 1.29 bits per heavy atom. The van der Waals surface area contributed by atoms with E-state index in [-0.39, 0.29) is 5.91 Å². The fraction of sp³-hybridized carbons (Fsp3) is 0.385. The lowest BCUT2D eigenvalue weighted by molar-refractivity contribution is 0.0772. The maximum Gasteiger partial charge on any atom is 0.254 e. The minimum absolute atomic E-state index is 0.0434. The summed E-state index contributed by atoms with van der Waals surface area (Å²) in [6, 6.07) is 7.48. The SMILES string of the molecule is CCN(CC)C(=O)c1ccccc1CC(N)=S. The zero-order valence-corrected chi connectivity index (χ0v) is 11.1. The van der Waals surface area contributed by atoms with Gasteiger partial charge in [0.15, 0.2) is 0 Å². The van der Waals surface area contributed by atoms with E-state index >= 15 is 0 Å². The first-order valence-electron chi connectivity index (χ1n) is 5.75. The van der Waals surface area contributed by atoms with Crippen LogP contribution >= 0.6 is 12.2 Å². The Kier molecular flexibility index (Phi) is 5.10. The first-order valence-corrected chi connectivity index (χ1v) is 6.16. The van der Waals surface area contributed by atoms with Gasteiger partial charge in [-0.1, -0.05) is 30.4 Å². The number of nitrogens with two attached hydrogens (primary N) is 1. The average Bonchev–Trinajstić information content (AvgIpc) is 2.30. The molecule has 1 amide bonds. The van der Waals surface area contributed by atoms with Crippen molar-refractivity contribution in [3.63, 3.8) is 0 Å². The molecule has 17 heavy (non-hydrogen) atoms. The van der Waals surface area contributed by atoms with E-state index in [1.807, 2.05) is 38.1 Å². The molecule has 0 heterocycles. The van der Waals surface area contributed by atoms with E-state index in [1.165, 1.54) is 0 Å². The van der Waals surface area contributed by atoms with Gasteiger partial charge in [0.25, 0.3) is 5.91 Å². The Labute approximate surface area is 108 Å². The number of carbonyl (C=O) groups is 1. The summed E-state index contributed by atoms with van der Waals surface area (Å²) < 4.78 is 0. The summed E-state index contributed by atoms with van der Waals surface area (Å²) in [6.45, 7) is 5.35. The van der Waals surface area contributed by atoms with Crippen LogP contribution in [0.5, 0.6) is 0 Å². The van der Waals surface area contributed by atoms with Gasteiger partial charge in [0.1, 0.15) is 0 Å². The molecule has 0 atom stereocenters. The lowest BCUT2D eigenvalue weighted by Gasteiger charge is -2.20. The molecule has 0 unspecified atom stereocenters. The monoisotopic (exact) mass is 250 g/mol. The zero-order chi connectivity index (χ0) is 12.8. The van der Waals surface area contributed by atoms with Crippen LogP contribution in [0.2, 0.25) is 0 Å². The van der Waals surface area contributed by atoms with Crippen molar-refractivity contribution < 1.29 is 4.79 Å². The molecule has 0 aromatic heterocycles. The number of amides is 1. The molecular weight excluding hydrogens is 232 g/mol. The minimum Gasteiger partial charge on any atom is -0.393 e. The Balaban J connectivity index is 3.03. The molecule has 0 radical (unpaired) electrons. The van der Waals surface area contributed by atoms with Crippen LogP contribution in [-0.4, -0.2) is 28.9 Å². The predicted molar refractivity (Wildman–Crippen MR) is 74.2 cm³/mol. The van der Waals surface area contributed by atoms with Crippen molar-refractivity contribution in [1.29, 1.82) is 0 Å². The highest BCUT2D eigenvalue weighted by Crippen LogP contribution is 2.12. The Hall–Kier alpha value is -1.42. The number of rotatable bonds is 5. The van der Waals surface area contributed by atoms with E-state index in [9.17, 15) is 4.79 Å². The molecule has 0 bridgehead atoms. The normalized spacial score (nSPS) is 10.0. The average molecular weight is 250 g/mol. The van der Waals surface area contributed by atoms with Gasteiger partial charge in [0, 0.05) is 25.1 Å². The first kappa shape index (κ1) is 13.6. The lowest BCUT2D eigenvalue weighted by Crippen LogP contribution is -2.31. The molecule has 1 rings (SSSR count). The van der Waals surface area contributed by atoms with E-state index in [1.54, 1.807) is 4.90 Å². The Bertz CT molecular complexity index is 414. The van der Waals surface area contributed by atoms with Crippen molar-refractivity contribution in [1.82, 2.24) is 4.90 Å².